The number of benzene rings is 2. The topological polar surface area (TPSA) is 83.7 Å². The lowest BCUT2D eigenvalue weighted by atomic mass is 10.00. The average Bonchev–Trinajstić information content (AvgIpc) is 3.21. The van der Waals surface area contributed by atoms with E-state index in [9.17, 15) is 9.50 Å². The molecule has 0 fully saturated rings. The van der Waals surface area contributed by atoms with Crippen LogP contribution in [0.25, 0.3) is 0 Å². The van der Waals surface area contributed by atoms with E-state index in [2.05, 4.69) is 20.7 Å². The van der Waals surface area contributed by atoms with Crippen molar-refractivity contribution in [3.63, 3.8) is 0 Å². The van der Waals surface area contributed by atoms with E-state index in [4.69, 9.17) is 4.74 Å². The highest BCUT2D eigenvalue weighted by molar-refractivity contribution is 5.79. The van der Waals surface area contributed by atoms with Crippen molar-refractivity contribution in [2.75, 3.05) is 13.1 Å². The van der Waals surface area contributed by atoms with Crippen LogP contribution < -0.4 is 15.4 Å². The molecule has 0 bridgehead atoms. The van der Waals surface area contributed by atoms with E-state index in [-0.39, 0.29) is 12.4 Å². The number of guanidine groups is 1. The Hall–Kier alpha value is -3.39. The Bertz CT molecular complexity index is 1060. The first-order chi connectivity index (χ1) is 15.3. The SMILES string of the molecule is CCNC(=NCc1ccc(Oc2ccc(F)cc2)c(C)c1)NCC(C)(O)c1cnn(C)c1. The van der Waals surface area contributed by atoms with Gasteiger partial charge in [-0.3, -0.25) is 4.68 Å². The smallest absolute Gasteiger partial charge is 0.191 e. The molecule has 1 atom stereocenters. The van der Waals surface area contributed by atoms with Gasteiger partial charge in [-0.2, -0.15) is 5.10 Å². The molecule has 1 aromatic heterocycles. The summed E-state index contributed by atoms with van der Waals surface area (Å²) in [6.45, 7) is 7.13. The van der Waals surface area contributed by atoms with Crippen LogP contribution in [0.3, 0.4) is 0 Å². The number of hydrogen-bond acceptors (Lipinski definition) is 4. The van der Waals surface area contributed by atoms with Gasteiger partial charge < -0.3 is 20.5 Å². The highest BCUT2D eigenvalue weighted by Crippen LogP contribution is 2.26. The number of aliphatic hydroxyl groups is 1. The average molecular weight is 440 g/mol. The van der Waals surface area contributed by atoms with Gasteiger partial charge in [-0.1, -0.05) is 12.1 Å². The van der Waals surface area contributed by atoms with Gasteiger partial charge in [-0.05, 0) is 62.2 Å². The van der Waals surface area contributed by atoms with E-state index in [1.807, 2.05) is 39.1 Å². The second-order valence-electron chi connectivity index (χ2n) is 7.88. The summed E-state index contributed by atoms with van der Waals surface area (Å²) >= 11 is 0. The summed E-state index contributed by atoms with van der Waals surface area (Å²) in [6, 6.07) is 11.8. The molecule has 3 rings (SSSR count). The first-order valence-electron chi connectivity index (χ1n) is 10.5. The summed E-state index contributed by atoms with van der Waals surface area (Å²) in [7, 11) is 1.82. The standard InChI is InChI=1S/C24H30FN5O2/c1-5-26-23(28-16-24(3,31)19-14-29-30(4)15-19)27-13-18-6-11-22(17(2)12-18)32-21-9-7-20(25)8-10-21/h6-12,14-15,31H,5,13,16H2,1-4H3,(H2,26,27,28). The minimum absolute atomic E-state index is 0.286. The minimum Gasteiger partial charge on any atom is -0.457 e. The summed E-state index contributed by atoms with van der Waals surface area (Å²) in [6.07, 6.45) is 3.45. The van der Waals surface area contributed by atoms with E-state index in [0.717, 1.165) is 16.7 Å². The fraction of sp³-hybridized carbons (Fsp3) is 0.333. The number of aryl methyl sites for hydroxylation is 2. The molecule has 3 N–H and O–H groups in total. The maximum Gasteiger partial charge on any atom is 0.191 e. The molecular formula is C24H30FN5O2. The predicted octanol–water partition coefficient (Wildman–Crippen LogP) is 3.62. The van der Waals surface area contributed by atoms with Gasteiger partial charge in [0, 0.05) is 25.4 Å². The second kappa shape index (κ2) is 10.3. The lowest BCUT2D eigenvalue weighted by Gasteiger charge is -2.23. The summed E-state index contributed by atoms with van der Waals surface area (Å²) < 4.78 is 20.6. The Labute approximate surface area is 188 Å². The van der Waals surface area contributed by atoms with Crippen LogP contribution in [0.5, 0.6) is 11.5 Å². The molecule has 0 aliphatic carbocycles. The van der Waals surface area contributed by atoms with Crippen LogP contribution in [0.1, 0.15) is 30.5 Å². The summed E-state index contributed by atoms with van der Waals surface area (Å²) in [4.78, 5) is 4.63. The van der Waals surface area contributed by atoms with Gasteiger partial charge in [-0.25, -0.2) is 9.38 Å². The minimum atomic E-state index is -1.08. The number of halogens is 1. The van der Waals surface area contributed by atoms with E-state index in [1.54, 1.807) is 36.1 Å². The molecule has 7 nitrogen and oxygen atoms in total. The van der Waals surface area contributed by atoms with Crippen LogP contribution in [-0.2, 0) is 19.2 Å². The first kappa shape index (κ1) is 23.3. The van der Waals surface area contributed by atoms with Crippen LogP contribution in [0, 0.1) is 12.7 Å². The molecule has 1 heterocycles. The van der Waals surface area contributed by atoms with E-state index >= 15 is 0 Å². The fourth-order valence-electron chi connectivity index (χ4n) is 3.12. The van der Waals surface area contributed by atoms with Crippen molar-refractivity contribution in [2.45, 2.75) is 32.9 Å². The number of ether oxygens (including phenoxy) is 1. The van der Waals surface area contributed by atoms with Crippen LogP contribution in [0.4, 0.5) is 4.39 Å². The van der Waals surface area contributed by atoms with Crippen molar-refractivity contribution < 1.29 is 14.2 Å². The Morgan fingerprint density at radius 1 is 1.22 bits per heavy atom. The summed E-state index contributed by atoms with van der Waals surface area (Å²) in [5, 5.41) is 21.3. The molecule has 0 aliphatic heterocycles. The highest BCUT2D eigenvalue weighted by atomic mass is 19.1. The zero-order chi connectivity index (χ0) is 23.1. The van der Waals surface area contributed by atoms with Crippen molar-refractivity contribution in [3.05, 3.63) is 77.4 Å². The van der Waals surface area contributed by atoms with E-state index in [1.165, 1.54) is 12.1 Å². The van der Waals surface area contributed by atoms with Crippen molar-refractivity contribution >= 4 is 5.96 Å². The number of aromatic nitrogens is 2. The van der Waals surface area contributed by atoms with Crippen molar-refractivity contribution in [2.24, 2.45) is 12.0 Å². The van der Waals surface area contributed by atoms with Crippen molar-refractivity contribution in [3.8, 4) is 11.5 Å². The van der Waals surface area contributed by atoms with Gasteiger partial charge in [0.2, 0.25) is 0 Å². The third-order valence-corrected chi connectivity index (χ3v) is 4.97. The quantitative estimate of drug-likeness (QED) is 0.369. The van der Waals surface area contributed by atoms with Crippen LogP contribution in [0.2, 0.25) is 0 Å². The van der Waals surface area contributed by atoms with Gasteiger partial charge in [-0.15, -0.1) is 0 Å². The number of hydrogen-bond donors (Lipinski definition) is 3. The molecule has 0 saturated heterocycles. The Balaban J connectivity index is 1.63. The zero-order valence-electron chi connectivity index (χ0n) is 18.9. The second-order valence-corrected chi connectivity index (χ2v) is 7.88. The molecular weight excluding hydrogens is 409 g/mol. The maximum absolute atomic E-state index is 13.1. The van der Waals surface area contributed by atoms with Crippen LogP contribution in [-0.4, -0.2) is 33.9 Å². The molecule has 1 unspecified atom stereocenters. The fourth-order valence-corrected chi connectivity index (χ4v) is 3.12. The third kappa shape index (κ3) is 6.31. The normalized spacial score (nSPS) is 13.5. The molecule has 0 radical (unpaired) electrons. The third-order valence-electron chi connectivity index (χ3n) is 4.97. The number of nitrogens with zero attached hydrogens (tertiary/aromatic N) is 3. The van der Waals surface area contributed by atoms with Crippen molar-refractivity contribution in [1.82, 2.24) is 20.4 Å². The summed E-state index contributed by atoms with van der Waals surface area (Å²) in [5.74, 6) is 1.61. The molecule has 8 heteroatoms. The molecule has 0 aliphatic rings. The molecule has 170 valence electrons. The van der Waals surface area contributed by atoms with Gasteiger partial charge in [0.1, 0.15) is 22.9 Å². The largest absolute Gasteiger partial charge is 0.457 e. The molecule has 32 heavy (non-hydrogen) atoms. The van der Waals surface area contributed by atoms with Crippen LogP contribution >= 0.6 is 0 Å². The lowest BCUT2D eigenvalue weighted by Crippen LogP contribution is -2.44. The van der Waals surface area contributed by atoms with Gasteiger partial charge in [0.25, 0.3) is 0 Å². The zero-order valence-corrected chi connectivity index (χ0v) is 18.9. The van der Waals surface area contributed by atoms with Gasteiger partial charge in [0.15, 0.2) is 5.96 Å². The van der Waals surface area contributed by atoms with Gasteiger partial charge >= 0.3 is 0 Å². The molecule has 3 aromatic rings. The van der Waals surface area contributed by atoms with Gasteiger partial charge in [0.05, 0.1) is 19.3 Å². The molecule has 0 spiro atoms. The highest BCUT2D eigenvalue weighted by Gasteiger charge is 2.25. The molecule has 0 amide bonds. The summed E-state index contributed by atoms with van der Waals surface area (Å²) in [5.41, 5.74) is 1.63. The van der Waals surface area contributed by atoms with Crippen LogP contribution in [0.15, 0.2) is 59.9 Å². The first-order valence-corrected chi connectivity index (χ1v) is 10.5. The Morgan fingerprint density at radius 2 is 1.97 bits per heavy atom. The Kier molecular flexibility index (Phi) is 7.48. The molecule has 2 aromatic carbocycles. The van der Waals surface area contributed by atoms with E-state index < -0.39 is 5.60 Å². The monoisotopic (exact) mass is 439 g/mol. The number of rotatable bonds is 8. The number of nitrogens with one attached hydrogen (secondary N) is 2. The number of aliphatic imine (C=N–C) groups is 1. The maximum atomic E-state index is 13.1. The molecule has 0 saturated carbocycles. The van der Waals surface area contributed by atoms with Crippen molar-refractivity contribution in [1.29, 1.82) is 0 Å². The Morgan fingerprint density at radius 3 is 2.59 bits per heavy atom. The van der Waals surface area contributed by atoms with E-state index in [0.29, 0.717) is 30.5 Å². The lowest BCUT2D eigenvalue weighted by molar-refractivity contribution is 0.0616. The predicted molar refractivity (Wildman–Crippen MR) is 123 cm³/mol.